The summed E-state index contributed by atoms with van der Waals surface area (Å²) in [7, 11) is 1.67. The number of carbonyl (C=O) groups excluding carboxylic acids is 3. The first-order valence-electron chi connectivity index (χ1n) is 15.2. The highest BCUT2D eigenvalue weighted by molar-refractivity contribution is 5.80. The molecule has 2 amide bonds. The molecule has 0 aliphatic carbocycles. The quantitative estimate of drug-likeness (QED) is 0.106. The molecule has 0 fully saturated rings. The fraction of sp³-hybridized carbons (Fsp3) is 0.900. The number of aldehydes is 1. The van der Waals surface area contributed by atoms with E-state index in [2.05, 4.69) is 19.2 Å². The Morgan fingerprint density at radius 2 is 1.39 bits per heavy atom. The largest absolute Gasteiger partial charge is 0.379 e. The third kappa shape index (κ3) is 22.5. The molecule has 0 aromatic heterocycles. The van der Waals surface area contributed by atoms with Gasteiger partial charge in [-0.1, -0.05) is 72.1 Å². The SMILES string of the molecule is CCCCCCCOCC(COCCCNC(=O)CCN(C)C(=O)CC(C=O)CC)OCCCCCCC. The Kier molecular flexibility index (Phi) is 26.0. The van der Waals surface area contributed by atoms with Crippen LogP contribution in [0.2, 0.25) is 0 Å². The second-order valence-corrected chi connectivity index (χ2v) is 10.2. The Balaban J connectivity index is 4.07. The van der Waals surface area contributed by atoms with E-state index in [0.717, 1.165) is 32.3 Å². The zero-order chi connectivity index (χ0) is 28.3. The standard InChI is InChI=1S/C30H58N2O6/c1-5-8-10-12-14-20-36-25-28(38-22-15-13-11-9-6-2)26-37-21-16-18-31-29(34)17-19-32(4)30(35)23-27(7-3)24-33/h24,27-28H,5-23,25-26H2,1-4H3,(H,31,34). The van der Waals surface area contributed by atoms with E-state index >= 15 is 0 Å². The Hall–Kier alpha value is -1.51. The number of amides is 2. The number of ether oxygens (including phenoxy) is 3. The van der Waals surface area contributed by atoms with Crippen LogP contribution in [0.15, 0.2) is 0 Å². The van der Waals surface area contributed by atoms with Crippen molar-refractivity contribution in [3.05, 3.63) is 0 Å². The number of nitrogens with one attached hydrogen (secondary N) is 1. The summed E-state index contributed by atoms with van der Waals surface area (Å²) in [4.78, 5) is 36.7. The first-order valence-corrected chi connectivity index (χ1v) is 15.2. The Labute approximate surface area is 232 Å². The number of rotatable bonds is 28. The van der Waals surface area contributed by atoms with E-state index in [-0.39, 0.29) is 36.7 Å². The lowest BCUT2D eigenvalue weighted by molar-refractivity contribution is -0.133. The Morgan fingerprint density at radius 3 is 1.97 bits per heavy atom. The van der Waals surface area contributed by atoms with E-state index in [1.807, 2.05) is 6.92 Å². The van der Waals surface area contributed by atoms with Crippen molar-refractivity contribution in [1.82, 2.24) is 10.2 Å². The number of hydrogen-bond acceptors (Lipinski definition) is 6. The lowest BCUT2D eigenvalue weighted by Crippen LogP contribution is -2.34. The monoisotopic (exact) mass is 542 g/mol. The van der Waals surface area contributed by atoms with Gasteiger partial charge in [-0.05, 0) is 25.7 Å². The maximum Gasteiger partial charge on any atom is 0.223 e. The van der Waals surface area contributed by atoms with Crippen LogP contribution in [-0.4, -0.2) is 82.3 Å². The molecule has 38 heavy (non-hydrogen) atoms. The predicted octanol–water partition coefficient (Wildman–Crippen LogP) is 5.32. The molecule has 0 heterocycles. The van der Waals surface area contributed by atoms with E-state index in [9.17, 15) is 14.4 Å². The van der Waals surface area contributed by atoms with Gasteiger partial charge >= 0.3 is 0 Å². The van der Waals surface area contributed by atoms with E-state index in [1.165, 1.54) is 56.3 Å². The second-order valence-electron chi connectivity index (χ2n) is 10.2. The van der Waals surface area contributed by atoms with Crippen LogP contribution in [0.1, 0.15) is 111 Å². The van der Waals surface area contributed by atoms with Crippen molar-refractivity contribution in [1.29, 1.82) is 0 Å². The van der Waals surface area contributed by atoms with Gasteiger partial charge in [0, 0.05) is 58.7 Å². The number of hydrogen-bond donors (Lipinski definition) is 1. The molecule has 0 aliphatic heterocycles. The van der Waals surface area contributed by atoms with Crippen molar-refractivity contribution < 1.29 is 28.6 Å². The number of nitrogens with zero attached hydrogens (tertiary/aromatic N) is 1. The summed E-state index contributed by atoms with van der Waals surface area (Å²) in [6.07, 6.45) is 14.7. The summed E-state index contributed by atoms with van der Waals surface area (Å²) in [5, 5.41) is 2.88. The van der Waals surface area contributed by atoms with Gasteiger partial charge in [0.1, 0.15) is 12.4 Å². The molecule has 0 aliphatic rings. The van der Waals surface area contributed by atoms with Gasteiger partial charge in [0.2, 0.25) is 11.8 Å². The summed E-state index contributed by atoms with van der Waals surface area (Å²) in [5.41, 5.74) is 0. The van der Waals surface area contributed by atoms with Gasteiger partial charge in [-0.2, -0.15) is 0 Å². The first kappa shape index (κ1) is 36.5. The maximum absolute atomic E-state index is 12.1. The molecule has 8 heteroatoms. The lowest BCUT2D eigenvalue weighted by Gasteiger charge is -2.19. The summed E-state index contributed by atoms with van der Waals surface area (Å²) < 4.78 is 17.8. The lowest BCUT2D eigenvalue weighted by atomic mass is 10.0. The van der Waals surface area contributed by atoms with Crippen LogP contribution in [0.25, 0.3) is 0 Å². The zero-order valence-electron chi connectivity index (χ0n) is 25.0. The molecular weight excluding hydrogens is 484 g/mol. The molecule has 1 N–H and O–H groups in total. The number of unbranched alkanes of at least 4 members (excludes halogenated alkanes) is 8. The van der Waals surface area contributed by atoms with Crippen LogP contribution in [0.3, 0.4) is 0 Å². The second kappa shape index (κ2) is 27.1. The van der Waals surface area contributed by atoms with Crippen molar-refractivity contribution in [2.75, 3.05) is 53.2 Å². The van der Waals surface area contributed by atoms with Gasteiger partial charge in [0.15, 0.2) is 0 Å². The first-order chi connectivity index (χ1) is 18.5. The van der Waals surface area contributed by atoms with E-state index in [4.69, 9.17) is 14.2 Å². The minimum atomic E-state index is -0.253. The average molecular weight is 543 g/mol. The normalized spacial score (nSPS) is 12.7. The highest BCUT2D eigenvalue weighted by Crippen LogP contribution is 2.08. The third-order valence-corrected chi connectivity index (χ3v) is 6.64. The van der Waals surface area contributed by atoms with Crippen molar-refractivity contribution in [3.8, 4) is 0 Å². The summed E-state index contributed by atoms with van der Waals surface area (Å²) in [5.74, 6) is -0.455. The minimum Gasteiger partial charge on any atom is -0.379 e. The van der Waals surface area contributed by atoms with E-state index in [1.54, 1.807) is 7.05 Å². The van der Waals surface area contributed by atoms with Gasteiger partial charge in [-0.25, -0.2) is 0 Å². The van der Waals surface area contributed by atoms with Crippen molar-refractivity contribution in [3.63, 3.8) is 0 Å². The van der Waals surface area contributed by atoms with E-state index < -0.39 is 0 Å². The molecule has 0 rings (SSSR count). The fourth-order valence-corrected chi connectivity index (χ4v) is 3.89. The molecule has 0 bridgehead atoms. The van der Waals surface area contributed by atoms with Crippen molar-refractivity contribution in [2.45, 2.75) is 117 Å². The van der Waals surface area contributed by atoms with Crippen LogP contribution < -0.4 is 5.32 Å². The van der Waals surface area contributed by atoms with Gasteiger partial charge < -0.3 is 29.2 Å². The van der Waals surface area contributed by atoms with Gasteiger partial charge in [-0.3, -0.25) is 9.59 Å². The molecular formula is C30H58N2O6. The Morgan fingerprint density at radius 1 is 0.816 bits per heavy atom. The zero-order valence-corrected chi connectivity index (χ0v) is 25.0. The summed E-state index contributed by atoms with van der Waals surface area (Å²) >= 11 is 0. The highest BCUT2D eigenvalue weighted by Gasteiger charge is 2.16. The summed E-state index contributed by atoms with van der Waals surface area (Å²) in [6.45, 7) is 10.3. The Bertz CT molecular complexity index is 575. The fourth-order valence-electron chi connectivity index (χ4n) is 3.89. The summed E-state index contributed by atoms with van der Waals surface area (Å²) in [6, 6.07) is 0. The number of carbonyl (C=O) groups is 3. The molecule has 0 aromatic carbocycles. The molecule has 0 saturated heterocycles. The van der Waals surface area contributed by atoms with Crippen LogP contribution in [0.5, 0.6) is 0 Å². The highest BCUT2D eigenvalue weighted by atomic mass is 16.6. The van der Waals surface area contributed by atoms with Crippen LogP contribution in [0, 0.1) is 5.92 Å². The van der Waals surface area contributed by atoms with E-state index in [0.29, 0.717) is 45.8 Å². The molecule has 2 atom stereocenters. The van der Waals surface area contributed by atoms with Crippen LogP contribution in [-0.2, 0) is 28.6 Å². The molecule has 2 unspecified atom stereocenters. The maximum atomic E-state index is 12.1. The van der Waals surface area contributed by atoms with Crippen LogP contribution >= 0.6 is 0 Å². The molecule has 0 radical (unpaired) electrons. The molecule has 8 nitrogen and oxygen atoms in total. The average Bonchev–Trinajstić information content (AvgIpc) is 2.92. The third-order valence-electron chi connectivity index (χ3n) is 6.64. The van der Waals surface area contributed by atoms with Crippen molar-refractivity contribution >= 4 is 18.1 Å². The topological polar surface area (TPSA) is 94.2 Å². The minimum absolute atomic E-state index is 0.0639. The molecule has 0 saturated carbocycles. The predicted molar refractivity (Wildman–Crippen MR) is 153 cm³/mol. The molecule has 0 spiro atoms. The van der Waals surface area contributed by atoms with Crippen molar-refractivity contribution in [2.24, 2.45) is 5.92 Å². The van der Waals surface area contributed by atoms with Gasteiger partial charge in [0.05, 0.1) is 13.2 Å². The van der Waals surface area contributed by atoms with Gasteiger partial charge in [0.25, 0.3) is 0 Å². The molecule has 0 aromatic rings. The molecule has 224 valence electrons. The smallest absolute Gasteiger partial charge is 0.223 e. The van der Waals surface area contributed by atoms with Crippen LogP contribution in [0.4, 0.5) is 0 Å². The van der Waals surface area contributed by atoms with Gasteiger partial charge in [-0.15, -0.1) is 0 Å².